The Balaban J connectivity index is 1.41. The van der Waals surface area contributed by atoms with E-state index in [2.05, 4.69) is 17.6 Å². The molecule has 7 nitrogen and oxygen atoms in total. The summed E-state index contributed by atoms with van der Waals surface area (Å²) in [4.78, 5) is 12.6. The van der Waals surface area contributed by atoms with Gasteiger partial charge in [-0.3, -0.25) is 0 Å². The van der Waals surface area contributed by atoms with Gasteiger partial charge in [-0.15, -0.1) is 0 Å². The molecule has 1 aromatic rings. The third-order valence-corrected chi connectivity index (χ3v) is 6.83. The summed E-state index contributed by atoms with van der Waals surface area (Å²) in [7, 11) is 0. The van der Waals surface area contributed by atoms with Crippen LogP contribution in [0.15, 0.2) is 24.3 Å². The monoisotopic (exact) mass is 508 g/mol. The topological polar surface area (TPSA) is 78.1 Å². The molecule has 0 bridgehead atoms. The SMILES string of the molecule is CCCCCCCCCCCCOC[C@@]12O[C@@H](C)C(NC(=O)Nc3ccc(F)cc3)[C@H]1OC(C)(C)O2. The molecular weight excluding hydrogens is 463 g/mol. The van der Waals surface area contributed by atoms with E-state index in [-0.39, 0.29) is 18.5 Å². The van der Waals surface area contributed by atoms with Crippen LogP contribution in [0, 0.1) is 5.82 Å². The zero-order valence-electron chi connectivity index (χ0n) is 22.4. The second-order valence-corrected chi connectivity index (χ2v) is 10.5. The highest BCUT2D eigenvalue weighted by Crippen LogP contribution is 2.45. The number of amides is 2. The summed E-state index contributed by atoms with van der Waals surface area (Å²) >= 11 is 0. The van der Waals surface area contributed by atoms with Gasteiger partial charge in [0.25, 0.3) is 0 Å². The molecule has 1 aromatic carbocycles. The van der Waals surface area contributed by atoms with Gasteiger partial charge in [-0.25, -0.2) is 9.18 Å². The molecule has 0 radical (unpaired) electrons. The number of halogens is 1. The third-order valence-electron chi connectivity index (χ3n) is 6.83. The van der Waals surface area contributed by atoms with Crippen LogP contribution in [0.25, 0.3) is 0 Å². The van der Waals surface area contributed by atoms with Crippen molar-refractivity contribution in [1.82, 2.24) is 5.32 Å². The molecule has 2 saturated heterocycles. The van der Waals surface area contributed by atoms with Crippen LogP contribution < -0.4 is 10.6 Å². The van der Waals surface area contributed by atoms with Gasteiger partial charge in [0.05, 0.1) is 12.1 Å². The lowest BCUT2D eigenvalue weighted by Gasteiger charge is -2.28. The molecule has 8 heteroatoms. The van der Waals surface area contributed by atoms with Gasteiger partial charge in [0.1, 0.15) is 18.5 Å². The van der Waals surface area contributed by atoms with Gasteiger partial charge in [-0.05, 0) is 51.5 Å². The van der Waals surface area contributed by atoms with Crippen molar-refractivity contribution in [3.8, 4) is 0 Å². The van der Waals surface area contributed by atoms with E-state index in [1.54, 1.807) is 0 Å². The first-order valence-electron chi connectivity index (χ1n) is 13.7. The first kappa shape index (κ1) is 28.8. The van der Waals surface area contributed by atoms with Crippen molar-refractivity contribution >= 4 is 11.7 Å². The van der Waals surface area contributed by atoms with Gasteiger partial charge < -0.3 is 29.6 Å². The summed E-state index contributed by atoms with van der Waals surface area (Å²) < 4.78 is 37.7. The van der Waals surface area contributed by atoms with Crippen LogP contribution in [0.2, 0.25) is 0 Å². The highest BCUT2D eigenvalue weighted by atomic mass is 19.1. The Morgan fingerprint density at radius 1 is 0.972 bits per heavy atom. The molecule has 0 aliphatic carbocycles. The second kappa shape index (κ2) is 13.7. The summed E-state index contributed by atoms with van der Waals surface area (Å²) in [6, 6.07) is 4.75. The van der Waals surface area contributed by atoms with Gasteiger partial charge in [-0.2, -0.15) is 0 Å². The number of rotatable bonds is 15. The van der Waals surface area contributed by atoms with Crippen molar-refractivity contribution < 1.29 is 28.1 Å². The zero-order chi connectivity index (χ0) is 26.0. The molecule has 1 unspecified atom stereocenters. The number of carbonyl (C=O) groups is 1. The lowest BCUT2D eigenvalue weighted by atomic mass is 10.0. The van der Waals surface area contributed by atoms with Gasteiger partial charge in [0.2, 0.25) is 5.79 Å². The van der Waals surface area contributed by atoms with Crippen molar-refractivity contribution in [3.63, 3.8) is 0 Å². The van der Waals surface area contributed by atoms with Crippen molar-refractivity contribution in [1.29, 1.82) is 0 Å². The first-order valence-corrected chi connectivity index (χ1v) is 13.7. The highest BCUT2D eigenvalue weighted by Gasteiger charge is 2.64. The van der Waals surface area contributed by atoms with Crippen molar-refractivity contribution in [2.45, 2.75) is 122 Å². The summed E-state index contributed by atoms with van der Waals surface area (Å²) in [5.41, 5.74) is 0.496. The Kier molecular flexibility index (Phi) is 11.0. The highest BCUT2D eigenvalue weighted by molar-refractivity contribution is 5.89. The Labute approximate surface area is 215 Å². The van der Waals surface area contributed by atoms with Crippen LogP contribution in [0.4, 0.5) is 14.9 Å². The Morgan fingerprint density at radius 2 is 1.58 bits per heavy atom. The number of fused-ring (bicyclic) bond motifs is 1. The number of ether oxygens (including phenoxy) is 4. The van der Waals surface area contributed by atoms with Crippen LogP contribution >= 0.6 is 0 Å². The van der Waals surface area contributed by atoms with Gasteiger partial charge in [-0.1, -0.05) is 64.7 Å². The van der Waals surface area contributed by atoms with E-state index in [0.717, 1.165) is 12.8 Å². The van der Waals surface area contributed by atoms with Crippen LogP contribution in [0.1, 0.15) is 91.9 Å². The van der Waals surface area contributed by atoms with E-state index in [1.165, 1.54) is 75.6 Å². The molecule has 0 spiro atoms. The fourth-order valence-corrected chi connectivity index (χ4v) is 5.06. The number of unbranched alkanes of at least 4 members (excludes halogenated alkanes) is 9. The molecule has 2 amide bonds. The Bertz CT molecular complexity index is 806. The lowest BCUT2D eigenvalue weighted by molar-refractivity contribution is -0.274. The number of benzene rings is 1. The van der Waals surface area contributed by atoms with E-state index in [9.17, 15) is 9.18 Å². The molecular formula is C28H45FN2O5. The maximum absolute atomic E-state index is 13.1. The van der Waals surface area contributed by atoms with Crippen LogP contribution in [-0.4, -0.2) is 49.1 Å². The van der Waals surface area contributed by atoms with E-state index in [1.807, 2.05) is 20.8 Å². The standard InChI is InChI=1S/C28H45FN2O5/c1-5-6-7-8-9-10-11-12-13-14-19-33-20-28-25(35-27(3,4)36-28)24(21(2)34-28)31-26(32)30-23-17-15-22(29)16-18-23/h15-18,21,24-25H,5-14,19-20H2,1-4H3,(H2,30,31,32)/t21-,24?,25+,28-/m0/s1. The number of urea groups is 1. The molecule has 2 aliphatic heterocycles. The molecule has 0 saturated carbocycles. The van der Waals surface area contributed by atoms with Gasteiger partial charge in [0, 0.05) is 12.3 Å². The molecule has 2 aliphatic rings. The van der Waals surface area contributed by atoms with Gasteiger partial charge in [0.15, 0.2) is 5.79 Å². The summed E-state index contributed by atoms with van der Waals surface area (Å²) in [6.45, 7) is 8.67. The quantitative estimate of drug-likeness (QED) is 0.264. The average molecular weight is 509 g/mol. The first-order chi connectivity index (χ1) is 17.2. The molecule has 0 aromatic heterocycles. The maximum Gasteiger partial charge on any atom is 0.319 e. The van der Waals surface area contributed by atoms with Crippen molar-refractivity contribution in [3.05, 3.63) is 30.1 Å². The minimum Gasteiger partial charge on any atom is -0.376 e. The third kappa shape index (κ3) is 8.40. The fourth-order valence-electron chi connectivity index (χ4n) is 5.06. The average Bonchev–Trinajstić information content (AvgIpc) is 3.22. The molecule has 2 heterocycles. The largest absolute Gasteiger partial charge is 0.376 e. The van der Waals surface area contributed by atoms with E-state index in [0.29, 0.717) is 12.3 Å². The summed E-state index contributed by atoms with van der Waals surface area (Å²) in [5, 5.41) is 5.67. The van der Waals surface area contributed by atoms with E-state index >= 15 is 0 Å². The van der Waals surface area contributed by atoms with Crippen LogP contribution in [-0.2, 0) is 18.9 Å². The normalized spacial score (nSPS) is 26.6. The Hall–Kier alpha value is -1.74. The molecule has 3 rings (SSSR count). The maximum atomic E-state index is 13.1. The van der Waals surface area contributed by atoms with Crippen LogP contribution in [0.5, 0.6) is 0 Å². The minimum atomic E-state index is -1.07. The lowest BCUT2D eigenvalue weighted by Crippen LogP contribution is -2.51. The predicted octanol–water partition coefficient (Wildman–Crippen LogP) is 6.52. The van der Waals surface area contributed by atoms with Crippen molar-refractivity contribution in [2.24, 2.45) is 0 Å². The zero-order valence-corrected chi connectivity index (χ0v) is 22.4. The fraction of sp³-hybridized carbons (Fsp3) is 0.750. The van der Waals surface area contributed by atoms with Crippen LogP contribution in [0.3, 0.4) is 0 Å². The number of carbonyl (C=O) groups excluding carboxylic acids is 1. The van der Waals surface area contributed by atoms with Crippen molar-refractivity contribution in [2.75, 3.05) is 18.5 Å². The second-order valence-electron chi connectivity index (χ2n) is 10.5. The number of hydrogen-bond acceptors (Lipinski definition) is 5. The molecule has 204 valence electrons. The summed E-state index contributed by atoms with van der Waals surface area (Å²) in [6.07, 6.45) is 11.9. The van der Waals surface area contributed by atoms with E-state index in [4.69, 9.17) is 18.9 Å². The molecule has 36 heavy (non-hydrogen) atoms. The smallest absolute Gasteiger partial charge is 0.319 e. The van der Waals surface area contributed by atoms with E-state index < -0.39 is 29.8 Å². The minimum absolute atomic E-state index is 0.237. The Morgan fingerprint density at radius 3 is 2.22 bits per heavy atom. The van der Waals surface area contributed by atoms with Gasteiger partial charge >= 0.3 is 6.03 Å². The predicted molar refractivity (Wildman–Crippen MR) is 138 cm³/mol. The molecule has 2 N–H and O–H groups in total. The molecule has 2 fully saturated rings. The number of hydrogen-bond donors (Lipinski definition) is 2. The molecule has 4 atom stereocenters. The number of anilines is 1. The summed E-state index contributed by atoms with van der Waals surface area (Å²) in [5.74, 6) is -2.30. The number of nitrogens with one attached hydrogen (secondary N) is 2.